The Bertz CT molecular complexity index is 774. The Morgan fingerprint density at radius 1 is 1.52 bits per heavy atom. The van der Waals surface area contributed by atoms with Crippen molar-refractivity contribution in [2.75, 3.05) is 12.4 Å². The van der Waals surface area contributed by atoms with E-state index >= 15 is 0 Å². The number of anilines is 1. The summed E-state index contributed by atoms with van der Waals surface area (Å²) in [6.45, 7) is 1.81. The summed E-state index contributed by atoms with van der Waals surface area (Å²) < 4.78 is 18.4. The Morgan fingerprint density at radius 2 is 2.30 bits per heavy atom. The minimum absolute atomic E-state index is 0.0229. The van der Waals surface area contributed by atoms with Crippen LogP contribution in [0.3, 0.4) is 0 Å². The molecule has 1 unspecified atom stereocenters. The SMILES string of the molecule is Cc1nc(CN(C)C(=O)C2CC(=O)Nc3ccc(F)cc32)no1. The molecule has 0 radical (unpaired) electrons. The molecule has 1 N–H and O–H groups in total. The van der Waals surface area contributed by atoms with E-state index < -0.39 is 11.7 Å². The minimum atomic E-state index is -0.729. The molecule has 23 heavy (non-hydrogen) atoms. The van der Waals surface area contributed by atoms with E-state index in [4.69, 9.17) is 4.52 Å². The first-order valence-corrected chi connectivity index (χ1v) is 7.07. The van der Waals surface area contributed by atoms with Gasteiger partial charge in [0.2, 0.25) is 17.7 Å². The fraction of sp³-hybridized carbons (Fsp3) is 0.333. The predicted octanol–water partition coefficient (Wildman–Crippen LogP) is 1.60. The first-order chi connectivity index (χ1) is 10.9. The molecule has 1 aliphatic heterocycles. The van der Waals surface area contributed by atoms with Crippen LogP contribution in [0.4, 0.5) is 10.1 Å². The van der Waals surface area contributed by atoms with E-state index in [-0.39, 0.29) is 24.8 Å². The van der Waals surface area contributed by atoms with Gasteiger partial charge in [-0.05, 0) is 23.8 Å². The molecular weight excluding hydrogens is 303 g/mol. The molecule has 3 rings (SSSR count). The van der Waals surface area contributed by atoms with E-state index in [9.17, 15) is 14.0 Å². The lowest BCUT2D eigenvalue weighted by Crippen LogP contribution is -2.36. The molecule has 2 amide bonds. The van der Waals surface area contributed by atoms with Crippen molar-refractivity contribution >= 4 is 17.5 Å². The average molecular weight is 318 g/mol. The van der Waals surface area contributed by atoms with Crippen molar-refractivity contribution in [3.8, 4) is 0 Å². The number of rotatable bonds is 3. The molecule has 0 aliphatic carbocycles. The number of carbonyl (C=O) groups excluding carboxylic acids is 2. The number of aromatic nitrogens is 2. The number of aryl methyl sites for hydroxylation is 1. The average Bonchev–Trinajstić information content (AvgIpc) is 2.91. The fourth-order valence-corrected chi connectivity index (χ4v) is 2.61. The highest BCUT2D eigenvalue weighted by molar-refractivity contribution is 6.01. The second kappa shape index (κ2) is 5.79. The van der Waals surface area contributed by atoms with E-state index in [0.717, 1.165) is 0 Å². The van der Waals surface area contributed by atoms with Crippen LogP contribution in [0.5, 0.6) is 0 Å². The first-order valence-electron chi connectivity index (χ1n) is 7.07. The van der Waals surface area contributed by atoms with Gasteiger partial charge in [-0.3, -0.25) is 9.59 Å². The first kappa shape index (κ1) is 15.1. The van der Waals surface area contributed by atoms with Crippen molar-refractivity contribution in [3.63, 3.8) is 0 Å². The fourth-order valence-electron chi connectivity index (χ4n) is 2.61. The summed E-state index contributed by atoms with van der Waals surface area (Å²) in [7, 11) is 1.58. The molecule has 2 aromatic rings. The van der Waals surface area contributed by atoms with E-state index in [1.165, 1.54) is 23.1 Å². The number of benzene rings is 1. The molecule has 0 saturated carbocycles. The summed E-state index contributed by atoms with van der Waals surface area (Å²) in [5.74, 6) is -0.967. The van der Waals surface area contributed by atoms with Crippen LogP contribution < -0.4 is 5.32 Å². The summed E-state index contributed by atoms with van der Waals surface area (Å²) in [5, 5.41) is 6.39. The number of nitrogens with one attached hydrogen (secondary N) is 1. The highest BCUT2D eigenvalue weighted by atomic mass is 19.1. The number of fused-ring (bicyclic) bond motifs is 1. The Kier molecular flexibility index (Phi) is 3.81. The minimum Gasteiger partial charge on any atom is -0.340 e. The maximum absolute atomic E-state index is 13.5. The lowest BCUT2D eigenvalue weighted by Gasteiger charge is -2.28. The standard InChI is InChI=1S/C15H15FN4O3/c1-8-17-13(19-23-8)7-20(2)15(22)11-6-14(21)18-12-4-3-9(16)5-10(11)12/h3-5,11H,6-7H2,1-2H3,(H,18,21). The molecule has 1 aliphatic rings. The van der Waals surface area contributed by atoms with Crippen LogP contribution in [0.25, 0.3) is 0 Å². The van der Waals surface area contributed by atoms with E-state index in [1.807, 2.05) is 0 Å². The quantitative estimate of drug-likeness (QED) is 0.928. The molecule has 7 nitrogen and oxygen atoms in total. The maximum Gasteiger partial charge on any atom is 0.230 e. The van der Waals surface area contributed by atoms with Gasteiger partial charge in [0.05, 0.1) is 12.5 Å². The number of hydrogen-bond donors (Lipinski definition) is 1. The molecule has 1 aromatic carbocycles. The van der Waals surface area contributed by atoms with Crippen LogP contribution in [0.1, 0.15) is 29.6 Å². The van der Waals surface area contributed by atoms with Gasteiger partial charge in [0, 0.05) is 26.1 Å². The highest BCUT2D eigenvalue weighted by Crippen LogP contribution is 2.34. The van der Waals surface area contributed by atoms with Crippen molar-refractivity contribution in [1.29, 1.82) is 0 Å². The zero-order valence-electron chi connectivity index (χ0n) is 12.7. The Balaban J connectivity index is 1.84. The molecule has 0 spiro atoms. The molecule has 0 fully saturated rings. The molecule has 120 valence electrons. The van der Waals surface area contributed by atoms with Gasteiger partial charge in [0.15, 0.2) is 5.82 Å². The summed E-state index contributed by atoms with van der Waals surface area (Å²) in [5.41, 5.74) is 0.940. The Hall–Kier alpha value is -2.77. The second-order valence-corrected chi connectivity index (χ2v) is 5.46. The monoisotopic (exact) mass is 318 g/mol. The van der Waals surface area contributed by atoms with E-state index in [1.54, 1.807) is 14.0 Å². The summed E-state index contributed by atoms with van der Waals surface area (Å²) in [4.78, 5) is 29.9. The third-order valence-electron chi connectivity index (χ3n) is 3.68. The summed E-state index contributed by atoms with van der Waals surface area (Å²) >= 11 is 0. The van der Waals surface area contributed by atoms with Crippen LogP contribution in [0, 0.1) is 12.7 Å². The van der Waals surface area contributed by atoms with Crippen molar-refractivity contribution in [2.45, 2.75) is 25.8 Å². The zero-order valence-corrected chi connectivity index (χ0v) is 12.7. The largest absolute Gasteiger partial charge is 0.340 e. The van der Waals surface area contributed by atoms with Crippen LogP contribution in [0.15, 0.2) is 22.7 Å². The van der Waals surface area contributed by atoms with Crippen LogP contribution in [-0.4, -0.2) is 33.9 Å². The smallest absolute Gasteiger partial charge is 0.230 e. The molecule has 0 bridgehead atoms. The van der Waals surface area contributed by atoms with Crippen molar-refractivity contribution in [3.05, 3.63) is 41.3 Å². The molecular formula is C15H15FN4O3. The molecule has 1 aromatic heterocycles. The number of likely N-dealkylation sites (N-methyl/N-ethyl adjacent to an activating group) is 1. The van der Waals surface area contributed by atoms with E-state index in [0.29, 0.717) is 23.0 Å². The lowest BCUT2D eigenvalue weighted by atomic mass is 9.89. The number of carbonyl (C=O) groups is 2. The number of nitrogens with zero attached hydrogens (tertiary/aromatic N) is 3. The van der Waals surface area contributed by atoms with Crippen LogP contribution in [0.2, 0.25) is 0 Å². The van der Waals surface area contributed by atoms with Gasteiger partial charge in [-0.25, -0.2) is 4.39 Å². The zero-order chi connectivity index (χ0) is 16.6. The molecule has 0 saturated heterocycles. The molecule has 8 heteroatoms. The van der Waals surface area contributed by atoms with Gasteiger partial charge in [0.25, 0.3) is 0 Å². The Labute approximate surface area is 131 Å². The van der Waals surface area contributed by atoms with Gasteiger partial charge in [-0.1, -0.05) is 5.16 Å². The van der Waals surface area contributed by atoms with Crippen LogP contribution >= 0.6 is 0 Å². The number of halogens is 1. The Morgan fingerprint density at radius 3 is 3.00 bits per heavy atom. The molecule has 2 heterocycles. The normalized spacial score (nSPS) is 16.7. The third-order valence-corrected chi connectivity index (χ3v) is 3.68. The van der Waals surface area contributed by atoms with Crippen LogP contribution in [-0.2, 0) is 16.1 Å². The topological polar surface area (TPSA) is 88.3 Å². The second-order valence-electron chi connectivity index (χ2n) is 5.46. The number of hydrogen-bond acceptors (Lipinski definition) is 5. The predicted molar refractivity (Wildman–Crippen MR) is 77.9 cm³/mol. The molecule has 1 atom stereocenters. The van der Waals surface area contributed by atoms with Crippen molar-refractivity contribution in [2.24, 2.45) is 0 Å². The van der Waals surface area contributed by atoms with Gasteiger partial charge in [-0.15, -0.1) is 0 Å². The summed E-state index contributed by atoms with van der Waals surface area (Å²) in [6, 6.07) is 3.99. The van der Waals surface area contributed by atoms with Crippen molar-refractivity contribution in [1.82, 2.24) is 15.0 Å². The lowest BCUT2D eigenvalue weighted by molar-refractivity contribution is -0.134. The van der Waals surface area contributed by atoms with Crippen molar-refractivity contribution < 1.29 is 18.5 Å². The maximum atomic E-state index is 13.5. The summed E-state index contributed by atoms with van der Waals surface area (Å²) in [6.07, 6.45) is -0.0229. The van der Waals surface area contributed by atoms with Gasteiger partial charge in [0.1, 0.15) is 5.82 Å². The number of amides is 2. The van der Waals surface area contributed by atoms with Gasteiger partial charge in [-0.2, -0.15) is 4.98 Å². The van der Waals surface area contributed by atoms with Gasteiger partial charge < -0.3 is 14.7 Å². The van der Waals surface area contributed by atoms with E-state index in [2.05, 4.69) is 15.5 Å². The third kappa shape index (κ3) is 3.05. The van der Waals surface area contributed by atoms with Gasteiger partial charge >= 0.3 is 0 Å². The highest BCUT2D eigenvalue weighted by Gasteiger charge is 2.33.